The molecule has 0 fully saturated rings. The molecule has 0 radical (unpaired) electrons. The van der Waals surface area contributed by atoms with Crippen LogP contribution in [0.2, 0.25) is 13.3 Å². The summed E-state index contributed by atoms with van der Waals surface area (Å²) in [5.41, 5.74) is 0. The van der Waals surface area contributed by atoms with Gasteiger partial charge >= 0.3 is 78.1 Å². The molecule has 1 heteroatoms. The molecule has 0 saturated heterocycles. The van der Waals surface area contributed by atoms with Crippen molar-refractivity contribution in [2.75, 3.05) is 0 Å². The van der Waals surface area contributed by atoms with Crippen molar-refractivity contribution < 1.29 is 0 Å². The average molecular weight is 259 g/mol. The predicted molar refractivity (Wildman–Crippen MR) is 56.9 cm³/mol. The van der Waals surface area contributed by atoms with Crippen molar-refractivity contribution in [1.29, 1.82) is 0 Å². The van der Waals surface area contributed by atoms with Crippen LogP contribution in [0.5, 0.6) is 0 Å². The Bertz CT molecular complexity index is 97.4. The fourth-order valence-corrected chi connectivity index (χ4v) is 8.69. The van der Waals surface area contributed by atoms with E-state index >= 15 is 0 Å². The zero-order valence-electron chi connectivity index (χ0n) is 7.68. The van der Waals surface area contributed by atoms with Crippen LogP contribution < -0.4 is 0 Å². The second kappa shape index (κ2) is 8.38. The summed E-state index contributed by atoms with van der Waals surface area (Å²) in [5, 5.41) is 0. The van der Waals surface area contributed by atoms with Crippen molar-refractivity contribution in [3.8, 4) is 0 Å². The van der Waals surface area contributed by atoms with E-state index in [-0.39, 0.29) is 0 Å². The van der Waals surface area contributed by atoms with Gasteiger partial charge in [-0.25, -0.2) is 0 Å². The van der Waals surface area contributed by atoms with Crippen LogP contribution in [0, 0.1) is 0 Å². The zero-order valence-corrected chi connectivity index (χ0v) is 11.0. The van der Waals surface area contributed by atoms with E-state index in [0.717, 1.165) is 0 Å². The first-order valence-corrected chi connectivity index (χ1v) is 11.6. The molecule has 0 heterocycles. The first kappa shape index (κ1) is 11.3. The number of allylic oxidation sites excluding steroid dienone is 2. The summed E-state index contributed by atoms with van der Waals surface area (Å²) < 4.78 is 4.25. The van der Waals surface area contributed by atoms with Crippen LogP contribution in [0.15, 0.2) is 25.3 Å². The summed E-state index contributed by atoms with van der Waals surface area (Å²) in [6.07, 6.45) is 7.00. The van der Waals surface area contributed by atoms with Crippen LogP contribution in [-0.4, -0.2) is 19.8 Å². The Kier molecular flexibility index (Phi) is 8.59. The van der Waals surface area contributed by atoms with Crippen LogP contribution in [0.1, 0.15) is 19.8 Å². The predicted octanol–water partition coefficient (Wildman–Crippen LogP) is 3.39. The van der Waals surface area contributed by atoms with E-state index in [1.54, 1.807) is 0 Å². The van der Waals surface area contributed by atoms with Crippen molar-refractivity contribution in [2.24, 2.45) is 0 Å². The molecule has 0 bridgehead atoms. The van der Waals surface area contributed by atoms with Gasteiger partial charge in [0, 0.05) is 0 Å². The zero-order chi connectivity index (χ0) is 8.53. The quantitative estimate of drug-likeness (QED) is 0.485. The minimum atomic E-state index is -1.14. The number of rotatable bonds is 7. The van der Waals surface area contributed by atoms with Crippen LogP contribution >= 0.6 is 0 Å². The number of hydrogen-bond acceptors (Lipinski definition) is 0. The van der Waals surface area contributed by atoms with Crippen LogP contribution in [-0.2, 0) is 0 Å². The molecule has 0 nitrogen and oxygen atoms in total. The Hall–Kier alpha value is 0.279. The van der Waals surface area contributed by atoms with E-state index in [4.69, 9.17) is 0 Å². The molecule has 0 saturated carbocycles. The molecule has 0 N–H and O–H groups in total. The Morgan fingerprint density at radius 1 is 1.18 bits per heavy atom. The normalized spacial score (nSPS) is 10.0. The molecule has 11 heavy (non-hydrogen) atoms. The van der Waals surface area contributed by atoms with E-state index in [9.17, 15) is 0 Å². The van der Waals surface area contributed by atoms with Gasteiger partial charge in [0.2, 0.25) is 0 Å². The van der Waals surface area contributed by atoms with Gasteiger partial charge in [-0.05, 0) is 0 Å². The molecule has 0 unspecified atom stereocenters. The van der Waals surface area contributed by atoms with Gasteiger partial charge < -0.3 is 0 Å². The molecule has 0 aliphatic carbocycles. The molecule has 0 aliphatic rings. The molecule has 0 amide bonds. The summed E-state index contributed by atoms with van der Waals surface area (Å²) in [6, 6.07) is 0. The van der Waals surface area contributed by atoms with E-state index in [2.05, 4.69) is 32.2 Å². The second-order valence-electron chi connectivity index (χ2n) is 3.06. The fraction of sp³-hybridized carbons (Fsp3) is 0.600. The second-order valence-corrected chi connectivity index (χ2v) is 12.3. The summed E-state index contributed by atoms with van der Waals surface area (Å²) in [6.45, 7) is 9.89. The molecule has 0 spiro atoms. The Balaban J connectivity index is 3.49. The first-order chi connectivity index (χ1) is 5.35. The van der Waals surface area contributed by atoms with Crippen molar-refractivity contribution >= 4 is 19.8 Å². The third-order valence-electron chi connectivity index (χ3n) is 1.97. The molecule has 0 aromatic rings. The van der Waals surface area contributed by atoms with Gasteiger partial charge in [0.1, 0.15) is 0 Å². The summed E-state index contributed by atoms with van der Waals surface area (Å²) in [7, 11) is 0. The van der Waals surface area contributed by atoms with Crippen molar-refractivity contribution in [3.63, 3.8) is 0 Å². The monoisotopic (exact) mass is 260 g/mol. The molecule has 0 aromatic heterocycles. The van der Waals surface area contributed by atoms with Crippen molar-refractivity contribution in [2.45, 2.75) is 33.1 Å². The SMILES string of the molecule is C=C[CH2][SnH]([CH2]C=C)[CH2]CCC. The Labute approximate surface area is 78.1 Å². The Morgan fingerprint density at radius 2 is 1.73 bits per heavy atom. The molecule has 0 aliphatic heterocycles. The van der Waals surface area contributed by atoms with Gasteiger partial charge in [0.15, 0.2) is 0 Å². The molecule has 0 aromatic carbocycles. The minimum absolute atomic E-state index is 1.14. The Morgan fingerprint density at radius 3 is 2.09 bits per heavy atom. The molecule has 0 atom stereocenters. The van der Waals surface area contributed by atoms with Crippen molar-refractivity contribution in [3.05, 3.63) is 25.3 Å². The van der Waals surface area contributed by atoms with Gasteiger partial charge in [-0.3, -0.25) is 0 Å². The summed E-state index contributed by atoms with van der Waals surface area (Å²) in [5.74, 6) is 0. The third kappa shape index (κ3) is 6.67. The van der Waals surface area contributed by atoms with Gasteiger partial charge in [-0.2, -0.15) is 0 Å². The maximum absolute atomic E-state index is 3.81. The van der Waals surface area contributed by atoms with Crippen LogP contribution in [0.3, 0.4) is 0 Å². The van der Waals surface area contributed by atoms with Gasteiger partial charge in [-0.1, -0.05) is 0 Å². The molecule has 0 rings (SSSR count). The molecular weight excluding hydrogens is 239 g/mol. The van der Waals surface area contributed by atoms with E-state index in [0.29, 0.717) is 0 Å². The number of unbranched alkanes of at least 4 members (excludes halogenated alkanes) is 1. The van der Waals surface area contributed by atoms with E-state index in [1.165, 1.54) is 26.2 Å². The standard InChI is InChI=1S/C4H9.2C3H5.Sn.H/c1-3-4-2;2*1-3-2;;/h1,3-4H2,2H3;2*3H,1-2H2;;. The molecule has 64 valence electrons. The van der Waals surface area contributed by atoms with Crippen molar-refractivity contribution in [1.82, 2.24) is 0 Å². The number of hydrogen-bond donors (Lipinski definition) is 0. The van der Waals surface area contributed by atoms with Crippen LogP contribution in [0.25, 0.3) is 0 Å². The van der Waals surface area contributed by atoms with E-state index in [1.807, 2.05) is 0 Å². The van der Waals surface area contributed by atoms with E-state index < -0.39 is 19.8 Å². The third-order valence-corrected chi connectivity index (χ3v) is 11.2. The topological polar surface area (TPSA) is 0 Å². The van der Waals surface area contributed by atoms with Gasteiger partial charge in [0.05, 0.1) is 0 Å². The maximum atomic E-state index is 3.81. The van der Waals surface area contributed by atoms with Gasteiger partial charge in [0.25, 0.3) is 0 Å². The van der Waals surface area contributed by atoms with Crippen LogP contribution in [0.4, 0.5) is 0 Å². The van der Waals surface area contributed by atoms with Gasteiger partial charge in [-0.15, -0.1) is 0 Å². The fourth-order valence-electron chi connectivity index (χ4n) is 1.30. The first-order valence-electron chi connectivity index (χ1n) is 4.56. The molecular formula is C10H20Sn. The summed E-state index contributed by atoms with van der Waals surface area (Å²) >= 11 is -1.14. The summed E-state index contributed by atoms with van der Waals surface area (Å²) in [4.78, 5) is 0. The average Bonchev–Trinajstić information content (AvgIpc) is 2.01.